The molecular formula is C38H50N8O3. The van der Waals surface area contributed by atoms with Gasteiger partial charge in [0.15, 0.2) is 0 Å². The number of rotatable bonds is 6. The minimum absolute atomic E-state index is 0.0143. The number of amides is 3. The zero-order valence-corrected chi connectivity index (χ0v) is 29.4. The number of carbonyl (C=O) groups excluding carboxylic acids is 2. The number of aromatic nitrogens is 3. The van der Waals surface area contributed by atoms with E-state index in [0.717, 1.165) is 64.7 Å². The number of nitrogens with zero attached hydrogens (tertiary/aromatic N) is 7. The van der Waals surface area contributed by atoms with Gasteiger partial charge in [0.05, 0.1) is 11.7 Å². The first-order valence-electron chi connectivity index (χ1n) is 17.9. The summed E-state index contributed by atoms with van der Waals surface area (Å²) in [6.45, 7) is 8.48. The van der Waals surface area contributed by atoms with Crippen LogP contribution >= 0.6 is 0 Å². The SMILES string of the molecule is Cc1cc(C[C@H](C(=O)N2CCN(C3CCN(C)CC3)CC2)N(C)C(=O)N2CCC(c3cc4ccccc4[nH]c3=O)CC2)cc2cnn(C)c12. The molecule has 5 heterocycles. The molecule has 260 valence electrons. The van der Waals surface area contributed by atoms with Crippen LogP contribution in [0.4, 0.5) is 4.79 Å². The number of pyridine rings is 1. The summed E-state index contributed by atoms with van der Waals surface area (Å²) in [7, 11) is 5.92. The zero-order chi connectivity index (χ0) is 34.2. The van der Waals surface area contributed by atoms with E-state index in [2.05, 4.69) is 46.0 Å². The number of para-hydroxylation sites is 1. The Morgan fingerprint density at radius 2 is 1.61 bits per heavy atom. The Kier molecular flexibility index (Phi) is 9.48. The Hall–Kier alpha value is -4.22. The van der Waals surface area contributed by atoms with E-state index < -0.39 is 6.04 Å². The number of likely N-dealkylation sites (N-methyl/N-ethyl adjacent to an activating group) is 1. The number of likely N-dealkylation sites (tertiary alicyclic amines) is 2. The lowest BCUT2D eigenvalue weighted by Crippen LogP contribution is -2.59. The van der Waals surface area contributed by atoms with E-state index in [1.165, 1.54) is 12.8 Å². The molecule has 4 aromatic rings. The minimum Gasteiger partial charge on any atom is -0.338 e. The van der Waals surface area contributed by atoms with Crippen molar-refractivity contribution in [2.75, 3.05) is 66.5 Å². The van der Waals surface area contributed by atoms with E-state index in [1.54, 1.807) is 11.9 Å². The molecule has 2 aromatic heterocycles. The fourth-order valence-electron chi connectivity index (χ4n) is 8.45. The van der Waals surface area contributed by atoms with Gasteiger partial charge >= 0.3 is 6.03 Å². The van der Waals surface area contributed by atoms with Gasteiger partial charge in [-0.1, -0.05) is 24.3 Å². The monoisotopic (exact) mass is 666 g/mol. The first-order valence-corrected chi connectivity index (χ1v) is 17.9. The number of aromatic amines is 1. The van der Waals surface area contributed by atoms with Crippen LogP contribution in [0.3, 0.4) is 0 Å². The fourth-order valence-corrected chi connectivity index (χ4v) is 8.45. The first kappa shape index (κ1) is 33.3. The molecule has 0 aliphatic carbocycles. The van der Waals surface area contributed by atoms with Crippen molar-refractivity contribution in [3.05, 3.63) is 75.7 Å². The highest BCUT2D eigenvalue weighted by molar-refractivity contribution is 5.88. The topological polar surface area (TPSA) is 101 Å². The predicted octanol–water partition coefficient (Wildman–Crippen LogP) is 3.80. The Labute approximate surface area is 288 Å². The summed E-state index contributed by atoms with van der Waals surface area (Å²) < 4.78 is 1.88. The lowest BCUT2D eigenvalue weighted by molar-refractivity contribution is -0.138. The van der Waals surface area contributed by atoms with Crippen LogP contribution in [-0.4, -0.2) is 130 Å². The van der Waals surface area contributed by atoms with Crippen molar-refractivity contribution in [2.24, 2.45) is 7.05 Å². The Bertz CT molecular complexity index is 1880. The summed E-state index contributed by atoms with van der Waals surface area (Å²) >= 11 is 0. The Morgan fingerprint density at radius 3 is 2.35 bits per heavy atom. The molecular weight excluding hydrogens is 616 g/mol. The highest BCUT2D eigenvalue weighted by Gasteiger charge is 2.37. The number of H-pyrrole nitrogens is 1. The average molecular weight is 667 g/mol. The van der Waals surface area contributed by atoms with E-state index >= 15 is 0 Å². The van der Waals surface area contributed by atoms with Crippen molar-refractivity contribution in [2.45, 2.75) is 57.0 Å². The predicted molar refractivity (Wildman–Crippen MR) is 193 cm³/mol. The van der Waals surface area contributed by atoms with Crippen molar-refractivity contribution in [1.29, 1.82) is 0 Å². The highest BCUT2D eigenvalue weighted by Crippen LogP contribution is 2.29. The Balaban J connectivity index is 1.07. The number of carbonyl (C=O) groups is 2. The van der Waals surface area contributed by atoms with E-state index in [-0.39, 0.29) is 23.4 Å². The fraction of sp³-hybridized carbons (Fsp3) is 0.526. The normalized spacial score (nSPS) is 19.5. The van der Waals surface area contributed by atoms with Gasteiger partial charge in [0, 0.05) is 82.3 Å². The number of nitrogens with one attached hydrogen (secondary N) is 1. The number of urea groups is 1. The van der Waals surface area contributed by atoms with Gasteiger partial charge in [-0.2, -0.15) is 5.10 Å². The number of piperazine rings is 1. The quantitative estimate of drug-likeness (QED) is 0.336. The van der Waals surface area contributed by atoms with E-state index in [4.69, 9.17) is 0 Å². The van der Waals surface area contributed by atoms with E-state index in [9.17, 15) is 14.4 Å². The lowest BCUT2D eigenvalue weighted by atomic mass is 9.89. The van der Waals surface area contributed by atoms with Crippen LogP contribution in [0.1, 0.15) is 48.3 Å². The molecule has 3 amide bonds. The molecule has 49 heavy (non-hydrogen) atoms. The van der Waals surface area contributed by atoms with Crippen LogP contribution in [0.5, 0.6) is 0 Å². The highest BCUT2D eigenvalue weighted by atomic mass is 16.2. The number of piperidine rings is 2. The molecule has 11 heteroatoms. The third-order valence-electron chi connectivity index (χ3n) is 11.4. The second-order valence-corrected chi connectivity index (χ2v) is 14.5. The van der Waals surface area contributed by atoms with Crippen molar-refractivity contribution < 1.29 is 9.59 Å². The van der Waals surface area contributed by atoms with Crippen LogP contribution in [0.2, 0.25) is 0 Å². The lowest BCUT2D eigenvalue weighted by Gasteiger charge is -2.44. The van der Waals surface area contributed by atoms with E-state index in [1.807, 2.05) is 58.1 Å². The minimum atomic E-state index is -0.628. The summed E-state index contributed by atoms with van der Waals surface area (Å²) in [5.41, 5.74) is 4.77. The van der Waals surface area contributed by atoms with Crippen LogP contribution in [0, 0.1) is 6.92 Å². The third-order valence-corrected chi connectivity index (χ3v) is 11.4. The second kappa shape index (κ2) is 14.0. The number of benzene rings is 2. The van der Waals surface area contributed by atoms with Crippen LogP contribution in [-0.2, 0) is 18.3 Å². The number of fused-ring (bicyclic) bond motifs is 2. The molecule has 3 aliphatic heterocycles. The summed E-state index contributed by atoms with van der Waals surface area (Å²) in [6.07, 6.45) is 6.05. The van der Waals surface area contributed by atoms with Gasteiger partial charge in [-0.3, -0.25) is 19.2 Å². The van der Waals surface area contributed by atoms with Crippen LogP contribution in [0.15, 0.2) is 53.5 Å². The molecule has 0 bridgehead atoms. The summed E-state index contributed by atoms with van der Waals surface area (Å²) in [4.78, 5) is 55.1. The molecule has 0 unspecified atom stereocenters. The first-order chi connectivity index (χ1) is 23.7. The molecule has 2 aromatic carbocycles. The standard InChI is InChI=1S/C38H50N8O3/c1-26-21-27(22-30-25-39-43(4)35(26)30)23-34(37(48)45-19-17-44(18-20-45)31-11-13-41(2)14-12-31)42(3)38(49)46-15-9-28(10-16-46)32-24-29-7-5-6-8-33(29)40-36(32)47/h5-8,21-22,24-25,28,31,34H,9-20,23H2,1-4H3,(H,40,47)/t34-/m1/s1. The maximum Gasteiger partial charge on any atom is 0.320 e. The zero-order valence-electron chi connectivity index (χ0n) is 29.4. The molecule has 0 saturated carbocycles. The molecule has 7 rings (SSSR count). The van der Waals surface area contributed by atoms with Gasteiger partial charge in [-0.15, -0.1) is 0 Å². The maximum atomic E-state index is 14.4. The number of aryl methyl sites for hydroxylation is 2. The van der Waals surface area contributed by atoms with Gasteiger partial charge in [0.25, 0.3) is 5.56 Å². The molecule has 3 aliphatic rings. The van der Waals surface area contributed by atoms with E-state index in [0.29, 0.717) is 51.5 Å². The smallest absolute Gasteiger partial charge is 0.320 e. The Morgan fingerprint density at radius 1 is 0.898 bits per heavy atom. The average Bonchev–Trinajstić information content (AvgIpc) is 3.50. The van der Waals surface area contributed by atoms with Gasteiger partial charge in [0.2, 0.25) is 5.91 Å². The number of hydrogen-bond acceptors (Lipinski definition) is 6. The van der Waals surface area contributed by atoms with Crippen molar-refractivity contribution in [3.8, 4) is 0 Å². The third kappa shape index (κ3) is 6.83. The summed E-state index contributed by atoms with van der Waals surface area (Å²) in [5, 5.41) is 6.50. The van der Waals surface area contributed by atoms with Crippen LogP contribution < -0.4 is 5.56 Å². The van der Waals surface area contributed by atoms with Gasteiger partial charge in [0.1, 0.15) is 6.04 Å². The maximum absolute atomic E-state index is 14.4. The summed E-state index contributed by atoms with van der Waals surface area (Å²) in [5.74, 6) is 0.0931. The van der Waals surface area contributed by atoms with Crippen molar-refractivity contribution >= 4 is 33.7 Å². The molecule has 11 nitrogen and oxygen atoms in total. The number of hydrogen-bond donors (Lipinski definition) is 1. The molecule has 3 fully saturated rings. The molecule has 1 N–H and O–H groups in total. The van der Waals surface area contributed by atoms with Gasteiger partial charge in [-0.25, -0.2) is 4.79 Å². The van der Waals surface area contributed by atoms with Crippen LogP contribution in [0.25, 0.3) is 21.8 Å². The molecule has 3 saturated heterocycles. The second-order valence-electron chi connectivity index (χ2n) is 14.5. The summed E-state index contributed by atoms with van der Waals surface area (Å²) in [6, 6.07) is 13.9. The van der Waals surface area contributed by atoms with Gasteiger partial charge in [-0.05, 0) is 93.4 Å². The largest absolute Gasteiger partial charge is 0.338 e. The van der Waals surface area contributed by atoms with Crippen molar-refractivity contribution in [3.63, 3.8) is 0 Å². The van der Waals surface area contributed by atoms with Crippen molar-refractivity contribution in [1.82, 2.24) is 39.3 Å². The molecule has 0 radical (unpaired) electrons. The molecule has 1 atom stereocenters. The van der Waals surface area contributed by atoms with Gasteiger partial charge < -0.3 is 24.6 Å². The molecule has 0 spiro atoms.